The van der Waals surface area contributed by atoms with Crippen LogP contribution >= 0.6 is 0 Å². The molecule has 8 heavy (non-hydrogen) atoms. The highest BCUT2D eigenvalue weighted by Crippen LogP contribution is 1.67. The van der Waals surface area contributed by atoms with Crippen LogP contribution in [0.15, 0.2) is 0 Å². The van der Waals surface area contributed by atoms with Crippen molar-refractivity contribution in [3.63, 3.8) is 0 Å². The zero-order chi connectivity index (χ0) is 6.83. The first kappa shape index (κ1) is 11.1. The number of rotatable bonds is 2. The third-order valence-corrected chi connectivity index (χ3v) is 0.497. The van der Waals surface area contributed by atoms with Crippen LogP contribution in [0.1, 0.15) is 20.3 Å². The van der Waals surface area contributed by atoms with Gasteiger partial charge >= 0.3 is 0 Å². The minimum Gasteiger partial charge on any atom is -0.546 e. The highest BCUT2D eigenvalue weighted by atomic mass is 32.1. The highest BCUT2D eigenvalue weighted by molar-refractivity contribution is 7.52. The molecule has 0 amide bonds. The van der Waals surface area contributed by atoms with E-state index in [0.717, 1.165) is 13.0 Å². The molecule has 0 heterocycles. The van der Waals surface area contributed by atoms with Crippen molar-refractivity contribution in [1.29, 1.82) is 0 Å². The maximum absolute atomic E-state index is 7.57. The van der Waals surface area contributed by atoms with E-state index >= 15 is 0 Å². The summed E-state index contributed by atoms with van der Waals surface area (Å²) in [5.41, 5.74) is 0. The number of aliphatic hydroxyl groups excluding tert-OH is 1. The van der Waals surface area contributed by atoms with Crippen molar-refractivity contribution in [3.8, 4) is 0 Å². The quantitative estimate of drug-likeness (QED) is 0.442. The van der Waals surface area contributed by atoms with Crippen LogP contribution in [0.2, 0.25) is 0 Å². The minimum absolute atomic E-state index is 0.250. The lowest BCUT2D eigenvalue weighted by atomic mass is 10.5. The molecule has 0 spiro atoms. The molecule has 0 fully saturated rings. The molecule has 0 bridgehead atoms. The molecule has 2 N–H and O–H groups in total. The van der Waals surface area contributed by atoms with Crippen molar-refractivity contribution >= 4 is 12.9 Å². The van der Waals surface area contributed by atoms with Crippen LogP contribution in [0.4, 0.5) is 0 Å². The molecule has 0 saturated heterocycles. The topological polar surface area (TPSA) is 33.0 Å². The standard InChI is InChI=1S/C3H8OS.C2H6O/c1-2-3-4-5;1-2-3/h4H,2-3H2,1H3;3H,2H2,1H3. The molecule has 0 atom stereocenters. The summed E-state index contributed by atoms with van der Waals surface area (Å²) in [7, 11) is 0. The molecule has 52 valence electrons. The van der Waals surface area contributed by atoms with E-state index < -0.39 is 0 Å². The lowest BCUT2D eigenvalue weighted by Crippen LogP contribution is -1.85. The summed E-state index contributed by atoms with van der Waals surface area (Å²) in [5, 5.41) is 7.57. The number of hydrogen-bond acceptors (Lipinski definition) is 2. The summed E-state index contributed by atoms with van der Waals surface area (Å²) in [6.07, 6.45) is 1.07. The maximum atomic E-state index is 7.57. The molecule has 0 rings (SSSR count). The number of hydrogen-bond donors (Lipinski definition) is 1. The summed E-state index contributed by atoms with van der Waals surface area (Å²) in [6, 6.07) is 0. The Hall–Kier alpha value is 0.270. The van der Waals surface area contributed by atoms with E-state index in [2.05, 4.69) is 24.0 Å². The molecule has 0 aliphatic heterocycles. The second-order valence-electron chi connectivity index (χ2n) is 1.17. The third-order valence-electron chi connectivity index (χ3n) is 0.315. The van der Waals surface area contributed by atoms with Gasteiger partial charge in [-0.1, -0.05) is 6.92 Å². The van der Waals surface area contributed by atoms with E-state index in [0.29, 0.717) is 0 Å². The van der Waals surface area contributed by atoms with Gasteiger partial charge in [0.2, 0.25) is 0 Å². The van der Waals surface area contributed by atoms with Gasteiger partial charge in [0.15, 0.2) is 0 Å². The van der Waals surface area contributed by atoms with Crippen LogP contribution in [0.25, 0.3) is 0 Å². The Balaban J connectivity index is 0. The summed E-state index contributed by atoms with van der Waals surface area (Å²) < 4.78 is 3.44. The summed E-state index contributed by atoms with van der Waals surface area (Å²) in [5.74, 6) is 0. The Labute approximate surface area is 56.5 Å². The van der Waals surface area contributed by atoms with Crippen LogP contribution in [0.5, 0.6) is 0 Å². The van der Waals surface area contributed by atoms with Gasteiger partial charge in [0.1, 0.15) is 6.61 Å². The summed E-state index contributed by atoms with van der Waals surface area (Å²) in [6.45, 7) is 4.81. The molecule has 0 unspecified atom stereocenters. The zero-order valence-electron chi connectivity index (χ0n) is 5.42. The Kier molecular flexibility index (Phi) is 21.8. The van der Waals surface area contributed by atoms with Crippen LogP contribution in [-0.2, 0) is 12.9 Å². The van der Waals surface area contributed by atoms with E-state index in [-0.39, 0.29) is 6.61 Å². The van der Waals surface area contributed by atoms with Crippen LogP contribution in [0, 0.1) is 0 Å². The van der Waals surface area contributed by atoms with Crippen molar-refractivity contribution < 1.29 is 9.29 Å². The molecular weight excluding hydrogens is 124 g/mol. The van der Waals surface area contributed by atoms with Gasteiger partial charge in [-0.05, 0) is 6.92 Å². The molecule has 0 aromatic rings. The SMILES string of the molecule is CCC[OH+][S-].CCO. The van der Waals surface area contributed by atoms with Gasteiger partial charge in [-0.25, -0.2) is 0 Å². The fraction of sp³-hybridized carbons (Fsp3) is 1.00. The zero-order valence-corrected chi connectivity index (χ0v) is 6.24. The fourth-order valence-corrected chi connectivity index (χ4v) is 0.274. The molecule has 0 aliphatic rings. The van der Waals surface area contributed by atoms with Crippen molar-refractivity contribution in [2.24, 2.45) is 0 Å². The average Bonchev–Trinajstić information content (AvgIpc) is 1.71. The molecule has 0 radical (unpaired) electrons. The predicted molar refractivity (Wildman–Crippen MR) is 37.5 cm³/mol. The first-order chi connectivity index (χ1) is 3.83. The van der Waals surface area contributed by atoms with E-state index in [4.69, 9.17) is 5.11 Å². The van der Waals surface area contributed by atoms with Crippen LogP contribution in [0.3, 0.4) is 0 Å². The summed E-state index contributed by atoms with van der Waals surface area (Å²) in [4.78, 5) is 0. The van der Waals surface area contributed by atoms with Gasteiger partial charge in [0.05, 0.1) is 0 Å². The number of aliphatic hydroxyl groups is 2. The highest BCUT2D eigenvalue weighted by Gasteiger charge is 1.66. The van der Waals surface area contributed by atoms with Crippen LogP contribution < -0.4 is 0 Å². The second-order valence-corrected chi connectivity index (χ2v) is 1.43. The van der Waals surface area contributed by atoms with Gasteiger partial charge in [-0.3, -0.25) is 0 Å². The fourth-order valence-electron chi connectivity index (χ4n) is 0.0913. The van der Waals surface area contributed by atoms with Crippen molar-refractivity contribution in [3.05, 3.63) is 0 Å². The molecule has 0 aromatic heterocycles. The van der Waals surface area contributed by atoms with E-state index in [9.17, 15) is 0 Å². The van der Waals surface area contributed by atoms with E-state index in [1.165, 1.54) is 0 Å². The van der Waals surface area contributed by atoms with Crippen LogP contribution in [-0.4, -0.2) is 22.5 Å². The molecule has 0 aliphatic carbocycles. The average molecular weight is 138 g/mol. The Morgan fingerprint density at radius 1 is 1.50 bits per heavy atom. The van der Waals surface area contributed by atoms with Gasteiger partial charge in [-0.15, -0.1) is 0 Å². The maximum Gasteiger partial charge on any atom is 0.128 e. The molecule has 2 nitrogen and oxygen atoms in total. The van der Waals surface area contributed by atoms with Crippen molar-refractivity contribution in [2.75, 3.05) is 13.2 Å². The predicted octanol–water partition coefficient (Wildman–Crippen LogP) is 0.385. The molecule has 0 aromatic carbocycles. The molecule has 0 saturated carbocycles. The Bertz CT molecular complexity index is 24.4. The van der Waals surface area contributed by atoms with Gasteiger partial charge in [0.25, 0.3) is 0 Å². The third kappa shape index (κ3) is 33.8. The minimum atomic E-state index is 0.250. The monoisotopic (exact) mass is 138 g/mol. The largest absolute Gasteiger partial charge is 0.546 e. The Morgan fingerprint density at radius 2 is 1.88 bits per heavy atom. The lowest BCUT2D eigenvalue weighted by molar-refractivity contribution is 0.192. The molecule has 3 heteroatoms. The first-order valence-electron chi connectivity index (χ1n) is 2.73. The van der Waals surface area contributed by atoms with Gasteiger partial charge < -0.3 is 22.2 Å². The van der Waals surface area contributed by atoms with E-state index in [1.807, 2.05) is 0 Å². The van der Waals surface area contributed by atoms with Crippen molar-refractivity contribution in [2.45, 2.75) is 20.3 Å². The van der Waals surface area contributed by atoms with Crippen molar-refractivity contribution in [1.82, 2.24) is 0 Å². The normalized spacial score (nSPS) is 7.50. The first-order valence-corrected chi connectivity index (χ1v) is 3.09. The van der Waals surface area contributed by atoms with Gasteiger partial charge in [0, 0.05) is 13.0 Å². The van der Waals surface area contributed by atoms with Gasteiger partial charge in [-0.2, -0.15) is 0 Å². The van der Waals surface area contributed by atoms with E-state index in [1.54, 1.807) is 6.92 Å². The second kappa shape index (κ2) is 15.7. The summed E-state index contributed by atoms with van der Waals surface area (Å²) >= 11 is 4.28. The smallest absolute Gasteiger partial charge is 0.128 e. The molecular formula is C5H14O2S. The Morgan fingerprint density at radius 3 is 1.88 bits per heavy atom. The lowest BCUT2D eigenvalue weighted by Gasteiger charge is -1.93.